The van der Waals surface area contributed by atoms with Crippen molar-refractivity contribution in [3.63, 3.8) is 0 Å². The molecule has 2 heterocycles. The fourth-order valence-electron chi connectivity index (χ4n) is 3.77. The molecule has 1 saturated heterocycles. The molecular formula is C14H12N4OS. The normalized spacial score (nSPS) is 39.5. The van der Waals surface area contributed by atoms with Crippen LogP contribution in [0.4, 0.5) is 0 Å². The summed E-state index contributed by atoms with van der Waals surface area (Å²) in [7, 11) is -1.70. The molecule has 2 rings (SSSR count). The molecule has 1 fully saturated rings. The van der Waals surface area contributed by atoms with Crippen molar-refractivity contribution in [3.05, 3.63) is 11.1 Å². The Morgan fingerprint density at radius 1 is 0.800 bits per heavy atom. The second kappa shape index (κ2) is 3.49. The zero-order valence-corrected chi connectivity index (χ0v) is 12.4. The van der Waals surface area contributed by atoms with E-state index in [0.717, 1.165) is 0 Å². The maximum Gasteiger partial charge on any atom is 0.197 e. The Morgan fingerprint density at radius 2 is 1.05 bits per heavy atom. The fourth-order valence-corrected chi connectivity index (χ4v) is 6.49. The van der Waals surface area contributed by atoms with E-state index < -0.39 is 31.1 Å². The van der Waals surface area contributed by atoms with Gasteiger partial charge in [0, 0.05) is 10.8 Å². The fraction of sp³-hybridized carbons (Fsp3) is 0.571. The van der Waals surface area contributed by atoms with E-state index >= 15 is 0 Å². The first kappa shape index (κ1) is 14.3. The van der Waals surface area contributed by atoms with Crippen molar-refractivity contribution >= 4 is 10.8 Å². The Morgan fingerprint density at radius 3 is 1.25 bits per heavy atom. The molecule has 2 aliphatic heterocycles. The highest BCUT2D eigenvalue weighted by Crippen LogP contribution is 2.72. The van der Waals surface area contributed by atoms with Crippen molar-refractivity contribution in [2.24, 2.45) is 10.8 Å². The number of nitriles is 4. The van der Waals surface area contributed by atoms with Crippen LogP contribution in [0.15, 0.2) is 11.1 Å². The summed E-state index contributed by atoms with van der Waals surface area (Å²) in [5.74, 6) is 0. The summed E-state index contributed by atoms with van der Waals surface area (Å²) in [5, 5.41) is 38.4. The number of hydrogen-bond donors (Lipinski definition) is 0. The van der Waals surface area contributed by atoms with Gasteiger partial charge in [-0.1, -0.05) is 11.1 Å². The molecule has 20 heavy (non-hydrogen) atoms. The van der Waals surface area contributed by atoms with Crippen LogP contribution in [0.1, 0.15) is 27.7 Å². The first-order chi connectivity index (χ1) is 9.21. The predicted octanol–water partition coefficient (Wildman–Crippen LogP) is 1.68. The number of nitrogens with zero attached hydrogens (tertiary/aromatic N) is 4. The molecule has 0 N–H and O–H groups in total. The molecule has 5 nitrogen and oxygen atoms in total. The Hall–Kier alpha value is -2.15. The Balaban J connectivity index is 3.15. The van der Waals surface area contributed by atoms with Gasteiger partial charge in [0.15, 0.2) is 10.8 Å². The minimum Gasteiger partial charge on any atom is -0.258 e. The molecule has 6 heteroatoms. The van der Waals surface area contributed by atoms with E-state index in [1.165, 1.54) is 0 Å². The smallest absolute Gasteiger partial charge is 0.197 e. The van der Waals surface area contributed by atoms with E-state index in [-0.39, 0.29) is 0 Å². The minimum absolute atomic E-state index is 0.669. The minimum atomic E-state index is -1.94. The zero-order valence-electron chi connectivity index (χ0n) is 11.6. The van der Waals surface area contributed by atoms with Crippen LogP contribution >= 0.6 is 0 Å². The number of hydrogen-bond acceptors (Lipinski definition) is 5. The van der Waals surface area contributed by atoms with Gasteiger partial charge in [-0.05, 0) is 27.7 Å². The Kier molecular flexibility index (Phi) is 2.49. The van der Waals surface area contributed by atoms with Crippen molar-refractivity contribution in [3.8, 4) is 24.3 Å². The highest BCUT2D eigenvalue weighted by Gasteiger charge is 2.86. The maximum atomic E-state index is 13.0. The zero-order chi connectivity index (χ0) is 15.6. The largest absolute Gasteiger partial charge is 0.258 e. The second-order valence-corrected chi connectivity index (χ2v) is 7.70. The third kappa shape index (κ3) is 0.831. The van der Waals surface area contributed by atoms with Gasteiger partial charge < -0.3 is 0 Å². The quantitative estimate of drug-likeness (QED) is 0.628. The molecule has 100 valence electrons. The van der Waals surface area contributed by atoms with Gasteiger partial charge in [0.1, 0.15) is 0 Å². The van der Waals surface area contributed by atoms with E-state index in [9.17, 15) is 25.3 Å². The van der Waals surface area contributed by atoms with Gasteiger partial charge >= 0.3 is 0 Å². The predicted molar refractivity (Wildman–Crippen MR) is 70.6 cm³/mol. The molecule has 0 radical (unpaired) electrons. The Bertz CT molecular complexity index is 664. The lowest BCUT2D eigenvalue weighted by atomic mass is 9.49. The first-order valence-corrected chi connectivity index (χ1v) is 7.12. The van der Waals surface area contributed by atoms with Crippen LogP contribution in [0, 0.1) is 56.2 Å². The van der Waals surface area contributed by atoms with E-state index in [1.807, 2.05) is 24.3 Å². The molecule has 0 aliphatic carbocycles. The Labute approximate surface area is 120 Å². The van der Waals surface area contributed by atoms with Gasteiger partial charge in [0.05, 0.1) is 33.8 Å². The molecular weight excluding hydrogens is 272 g/mol. The average Bonchev–Trinajstić information content (AvgIpc) is 2.68. The van der Waals surface area contributed by atoms with Crippen LogP contribution in [0.3, 0.4) is 0 Å². The molecule has 0 saturated carbocycles. The molecule has 2 bridgehead atoms. The van der Waals surface area contributed by atoms with Crippen LogP contribution in [0.5, 0.6) is 0 Å². The molecule has 0 spiro atoms. The van der Waals surface area contributed by atoms with E-state index in [1.54, 1.807) is 27.7 Å². The van der Waals surface area contributed by atoms with Crippen LogP contribution in [0.2, 0.25) is 0 Å². The molecule has 0 aromatic heterocycles. The molecule has 0 amide bonds. The van der Waals surface area contributed by atoms with E-state index in [0.29, 0.717) is 11.1 Å². The van der Waals surface area contributed by atoms with Gasteiger partial charge in [0.2, 0.25) is 0 Å². The first-order valence-electron chi connectivity index (χ1n) is 5.97. The molecule has 1 unspecified atom stereocenters. The monoisotopic (exact) mass is 284 g/mol. The lowest BCUT2D eigenvalue weighted by Gasteiger charge is -2.42. The van der Waals surface area contributed by atoms with Crippen molar-refractivity contribution < 1.29 is 4.21 Å². The lowest BCUT2D eigenvalue weighted by Crippen LogP contribution is -2.55. The molecule has 0 aromatic carbocycles. The summed E-state index contributed by atoms with van der Waals surface area (Å²) in [6.07, 6.45) is 0. The van der Waals surface area contributed by atoms with Crippen molar-refractivity contribution in [1.29, 1.82) is 21.0 Å². The van der Waals surface area contributed by atoms with E-state index in [2.05, 4.69) is 0 Å². The van der Waals surface area contributed by atoms with Crippen molar-refractivity contribution in [2.45, 2.75) is 37.2 Å². The van der Waals surface area contributed by atoms with Gasteiger partial charge in [-0.3, -0.25) is 4.21 Å². The van der Waals surface area contributed by atoms with Crippen LogP contribution < -0.4 is 0 Å². The summed E-state index contributed by atoms with van der Waals surface area (Å²) < 4.78 is 10.4. The van der Waals surface area contributed by atoms with Crippen molar-refractivity contribution in [1.82, 2.24) is 0 Å². The summed E-state index contributed by atoms with van der Waals surface area (Å²) >= 11 is 0. The summed E-state index contributed by atoms with van der Waals surface area (Å²) in [6.45, 7) is 6.55. The van der Waals surface area contributed by atoms with Gasteiger partial charge in [-0.2, -0.15) is 21.0 Å². The van der Waals surface area contributed by atoms with Gasteiger partial charge in [-0.25, -0.2) is 0 Å². The topological polar surface area (TPSA) is 112 Å². The highest BCUT2D eigenvalue weighted by molar-refractivity contribution is 7.89. The SMILES string of the molecule is CC1=C(C)[C@]2(C)S(=O)[C@@]1(C)C(C#N)(C#N)C2(C#N)C#N. The average molecular weight is 284 g/mol. The molecule has 2 aliphatic rings. The summed E-state index contributed by atoms with van der Waals surface area (Å²) in [6, 6.07) is 7.46. The standard InChI is InChI=1S/C14H12N4OS/c1-9-10(2)12(4)14(7-17,8-18)13(5-15,6-16)11(9,3)20(12)19/h1-4H3/t11-,12+,20?. The maximum absolute atomic E-state index is 13.0. The van der Waals surface area contributed by atoms with Crippen molar-refractivity contribution in [2.75, 3.05) is 0 Å². The summed E-state index contributed by atoms with van der Waals surface area (Å²) in [5.41, 5.74) is -2.54. The van der Waals surface area contributed by atoms with Crippen LogP contribution in [0.25, 0.3) is 0 Å². The van der Waals surface area contributed by atoms with Gasteiger partial charge in [-0.15, -0.1) is 0 Å². The van der Waals surface area contributed by atoms with Gasteiger partial charge in [0.25, 0.3) is 0 Å². The van der Waals surface area contributed by atoms with Crippen LogP contribution in [-0.2, 0) is 10.8 Å². The number of fused-ring (bicyclic) bond motifs is 2. The highest BCUT2D eigenvalue weighted by atomic mass is 32.2. The lowest BCUT2D eigenvalue weighted by molar-refractivity contribution is 0.228. The second-order valence-electron chi connectivity index (χ2n) is 5.53. The van der Waals surface area contributed by atoms with Crippen LogP contribution in [-0.4, -0.2) is 13.7 Å². The van der Waals surface area contributed by atoms with E-state index in [4.69, 9.17) is 0 Å². The number of rotatable bonds is 0. The molecule has 3 atom stereocenters. The third-order valence-electron chi connectivity index (χ3n) is 5.40. The summed E-state index contributed by atoms with van der Waals surface area (Å²) in [4.78, 5) is 0. The molecule has 0 aromatic rings. The third-order valence-corrected chi connectivity index (χ3v) is 8.11.